The summed E-state index contributed by atoms with van der Waals surface area (Å²) in [6, 6.07) is 16.5. The van der Waals surface area contributed by atoms with Gasteiger partial charge in [0.1, 0.15) is 11.5 Å². The number of rotatable bonds is 7. The lowest BCUT2D eigenvalue weighted by atomic mass is 10.0. The van der Waals surface area contributed by atoms with Crippen molar-refractivity contribution in [2.24, 2.45) is 0 Å². The molecule has 0 bridgehead atoms. The minimum atomic E-state index is 0.248. The summed E-state index contributed by atoms with van der Waals surface area (Å²) in [5.74, 6) is 1.77. The second kappa shape index (κ2) is 7.58. The van der Waals surface area contributed by atoms with E-state index in [1.807, 2.05) is 37.3 Å². The maximum Gasteiger partial charge on any atom is 0.142 e. The highest BCUT2D eigenvalue weighted by atomic mass is 16.5. The van der Waals surface area contributed by atoms with Crippen molar-refractivity contribution in [3.8, 4) is 11.5 Å². The molecule has 1 unspecified atom stereocenters. The van der Waals surface area contributed by atoms with Crippen LogP contribution in [-0.4, -0.2) is 13.7 Å². The summed E-state index contributed by atoms with van der Waals surface area (Å²) in [4.78, 5) is 0. The van der Waals surface area contributed by atoms with E-state index in [2.05, 4.69) is 30.4 Å². The molecule has 1 N–H and O–H groups in total. The molecule has 21 heavy (non-hydrogen) atoms. The van der Waals surface area contributed by atoms with Crippen molar-refractivity contribution >= 4 is 5.69 Å². The molecular formula is C18H23NO2. The largest absolute Gasteiger partial charge is 0.497 e. The van der Waals surface area contributed by atoms with E-state index in [9.17, 15) is 0 Å². The first-order valence-electron chi connectivity index (χ1n) is 7.40. The molecule has 0 heterocycles. The lowest BCUT2D eigenvalue weighted by Crippen LogP contribution is -2.10. The van der Waals surface area contributed by atoms with Crippen LogP contribution in [0.15, 0.2) is 48.5 Å². The Balaban J connectivity index is 2.18. The van der Waals surface area contributed by atoms with E-state index in [1.54, 1.807) is 7.11 Å². The Kier molecular flexibility index (Phi) is 5.50. The van der Waals surface area contributed by atoms with E-state index in [0.717, 1.165) is 23.6 Å². The van der Waals surface area contributed by atoms with Gasteiger partial charge in [0.15, 0.2) is 0 Å². The van der Waals surface area contributed by atoms with Crippen LogP contribution in [0, 0.1) is 0 Å². The van der Waals surface area contributed by atoms with Crippen LogP contribution in [0.25, 0.3) is 0 Å². The highest BCUT2D eigenvalue weighted by Gasteiger charge is 2.11. The van der Waals surface area contributed by atoms with Gasteiger partial charge in [-0.1, -0.05) is 31.2 Å². The van der Waals surface area contributed by atoms with Crippen LogP contribution < -0.4 is 14.8 Å². The first-order valence-corrected chi connectivity index (χ1v) is 7.40. The highest BCUT2D eigenvalue weighted by Crippen LogP contribution is 2.30. The van der Waals surface area contributed by atoms with Crippen molar-refractivity contribution in [1.29, 1.82) is 0 Å². The summed E-state index contributed by atoms with van der Waals surface area (Å²) in [5.41, 5.74) is 2.27. The van der Waals surface area contributed by atoms with Gasteiger partial charge < -0.3 is 14.8 Å². The molecular weight excluding hydrogens is 262 g/mol. The third-order valence-electron chi connectivity index (χ3n) is 3.44. The van der Waals surface area contributed by atoms with Gasteiger partial charge in [0.05, 0.1) is 25.4 Å². The molecule has 0 saturated heterocycles. The summed E-state index contributed by atoms with van der Waals surface area (Å²) in [6.07, 6.45) is 0.993. The molecule has 0 fully saturated rings. The number of ether oxygens (including phenoxy) is 2. The molecule has 3 heteroatoms. The average Bonchev–Trinajstić information content (AvgIpc) is 2.54. The Morgan fingerprint density at radius 1 is 1.00 bits per heavy atom. The molecule has 0 radical (unpaired) electrons. The number of hydrogen-bond donors (Lipinski definition) is 1. The van der Waals surface area contributed by atoms with Gasteiger partial charge in [-0.15, -0.1) is 0 Å². The van der Waals surface area contributed by atoms with Crippen molar-refractivity contribution in [2.75, 3.05) is 19.0 Å². The fourth-order valence-electron chi connectivity index (χ4n) is 2.31. The number of nitrogens with one attached hydrogen (secondary N) is 1. The monoisotopic (exact) mass is 285 g/mol. The van der Waals surface area contributed by atoms with E-state index < -0.39 is 0 Å². The van der Waals surface area contributed by atoms with E-state index in [1.165, 1.54) is 5.56 Å². The second-order valence-corrected chi connectivity index (χ2v) is 4.81. The molecule has 0 spiro atoms. The summed E-state index contributed by atoms with van der Waals surface area (Å²) in [6.45, 7) is 4.83. The predicted molar refractivity (Wildman–Crippen MR) is 87.3 cm³/mol. The fourth-order valence-corrected chi connectivity index (χ4v) is 2.31. The third kappa shape index (κ3) is 3.91. The highest BCUT2D eigenvalue weighted by molar-refractivity contribution is 5.57. The van der Waals surface area contributed by atoms with Crippen LogP contribution in [-0.2, 0) is 0 Å². The van der Waals surface area contributed by atoms with Gasteiger partial charge in [0.25, 0.3) is 0 Å². The zero-order valence-corrected chi connectivity index (χ0v) is 12.9. The molecule has 2 aromatic rings. The summed E-state index contributed by atoms with van der Waals surface area (Å²) in [7, 11) is 1.68. The quantitative estimate of drug-likeness (QED) is 0.802. The SMILES string of the molecule is CCOc1ccccc1NC(CC)c1ccc(OC)cc1. The van der Waals surface area contributed by atoms with Gasteiger partial charge in [-0.3, -0.25) is 0 Å². The van der Waals surface area contributed by atoms with Gasteiger partial charge in [0.2, 0.25) is 0 Å². The van der Waals surface area contributed by atoms with Crippen molar-refractivity contribution < 1.29 is 9.47 Å². The molecule has 1 atom stereocenters. The molecule has 3 nitrogen and oxygen atoms in total. The Morgan fingerprint density at radius 2 is 1.71 bits per heavy atom. The lowest BCUT2D eigenvalue weighted by Gasteiger charge is -2.21. The van der Waals surface area contributed by atoms with Crippen molar-refractivity contribution in [3.63, 3.8) is 0 Å². The molecule has 2 rings (SSSR count). The van der Waals surface area contributed by atoms with Crippen molar-refractivity contribution in [3.05, 3.63) is 54.1 Å². The number of benzene rings is 2. The molecule has 0 saturated carbocycles. The third-order valence-corrected chi connectivity index (χ3v) is 3.44. The zero-order chi connectivity index (χ0) is 15.1. The van der Waals surface area contributed by atoms with Gasteiger partial charge >= 0.3 is 0 Å². The van der Waals surface area contributed by atoms with Crippen molar-refractivity contribution in [1.82, 2.24) is 0 Å². The Morgan fingerprint density at radius 3 is 2.33 bits per heavy atom. The molecule has 112 valence electrons. The normalized spacial score (nSPS) is 11.8. The summed E-state index contributed by atoms with van der Waals surface area (Å²) >= 11 is 0. The summed E-state index contributed by atoms with van der Waals surface area (Å²) in [5, 5.41) is 3.57. The molecule has 0 aliphatic carbocycles. The fraction of sp³-hybridized carbons (Fsp3) is 0.333. The number of methoxy groups -OCH3 is 1. The predicted octanol–water partition coefficient (Wildman–Crippen LogP) is 4.66. The number of hydrogen-bond acceptors (Lipinski definition) is 3. The minimum absolute atomic E-state index is 0.248. The van der Waals surface area contributed by atoms with Crippen LogP contribution in [0.5, 0.6) is 11.5 Å². The number of anilines is 1. The lowest BCUT2D eigenvalue weighted by molar-refractivity contribution is 0.341. The van der Waals surface area contributed by atoms with Gasteiger partial charge in [-0.2, -0.15) is 0 Å². The number of para-hydroxylation sites is 2. The summed E-state index contributed by atoms with van der Waals surface area (Å²) < 4.78 is 10.9. The molecule has 0 amide bonds. The topological polar surface area (TPSA) is 30.5 Å². The van der Waals surface area contributed by atoms with Crippen LogP contribution in [0.4, 0.5) is 5.69 Å². The smallest absolute Gasteiger partial charge is 0.142 e. The second-order valence-electron chi connectivity index (χ2n) is 4.81. The van der Waals surface area contributed by atoms with Crippen LogP contribution in [0.2, 0.25) is 0 Å². The molecule has 0 aliphatic heterocycles. The maximum absolute atomic E-state index is 5.67. The van der Waals surface area contributed by atoms with E-state index in [0.29, 0.717) is 6.61 Å². The first-order chi connectivity index (χ1) is 10.3. The van der Waals surface area contributed by atoms with Crippen LogP contribution >= 0.6 is 0 Å². The molecule has 0 aromatic heterocycles. The van der Waals surface area contributed by atoms with Gasteiger partial charge in [0, 0.05) is 0 Å². The molecule has 2 aromatic carbocycles. The van der Waals surface area contributed by atoms with Crippen LogP contribution in [0.3, 0.4) is 0 Å². The van der Waals surface area contributed by atoms with Crippen LogP contribution in [0.1, 0.15) is 31.9 Å². The Hall–Kier alpha value is -2.16. The maximum atomic E-state index is 5.67. The standard InChI is InChI=1S/C18H23NO2/c1-4-16(14-10-12-15(20-3)13-11-14)19-17-8-6-7-9-18(17)21-5-2/h6-13,16,19H,4-5H2,1-3H3. The minimum Gasteiger partial charge on any atom is -0.497 e. The van der Waals surface area contributed by atoms with Crippen molar-refractivity contribution in [2.45, 2.75) is 26.3 Å². The van der Waals surface area contributed by atoms with E-state index in [4.69, 9.17) is 9.47 Å². The van der Waals surface area contributed by atoms with E-state index >= 15 is 0 Å². The van der Waals surface area contributed by atoms with E-state index in [-0.39, 0.29) is 6.04 Å². The Labute approximate surface area is 126 Å². The van der Waals surface area contributed by atoms with Gasteiger partial charge in [-0.05, 0) is 43.2 Å². The first kappa shape index (κ1) is 15.2. The Bertz CT molecular complexity index is 551. The molecule has 0 aliphatic rings. The zero-order valence-electron chi connectivity index (χ0n) is 12.9. The van der Waals surface area contributed by atoms with Gasteiger partial charge in [-0.25, -0.2) is 0 Å². The average molecular weight is 285 g/mol.